The highest BCUT2D eigenvalue weighted by atomic mass is 35.5. The Morgan fingerprint density at radius 2 is 1.09 bits per heavy atom. The first-order chi connectivity index (χ1) is 15.8. The number of rotatable bonds is 6. The highest BCUT2D eigenvalue weighted by Crippen LogP contribution is 2.58. The zero-order valence-electron chi connectivity index (χ0n) is 17.4. The fourth-order valence-corrected chi connectivity index (χ4v) is 9.66. The molecule has 0 spiro atoms. The van der Waals surface area contributed by atoms with E-state index in [0.29, 0.717) is 0 Å². The predicted octanol–water partition coefficient (Wildman–Crippen LogP) is 6.96. The van der Waals surface area contributed by atoms with Gasteiger partial charge in [-0.05, 0) is 48.5 Å². The van der Waals surface area contributed by atoms with E-state index in [1.807, 2.05) is 24.3 Å². The molecule has 1 heterocycles. The highest BCUT2D eigenvalue weighted by molar-refractivity contribution is 7.95. The zero-order chi connectivity index (χ0) is 21.8. The monoisotopic (exact) mass is 470 g/mol. The molecule has 0 fully saturated rings. The molecule has 0 radical (unpaired) electrons. The summed E-state index contributed by atoms with van der Waals surface area (Å²) in [6.45, 7) is 0. The first-order valence-electron chi connectivity index (χ1n) is 10.5. The van der Waals surface area contributed by atoms with Crippen molar-refractivity contribution in [3.8, 4) is 11.3 Å². The van der Waals surface area contributed by atoms with E-state index in [9.17, 15) is 0 Å². The van der Waals surface area contributed by atoms with E-state index in [4.69, 9.17) is 16.6 Å². The second kappa shape index (κ2) is 9.38. The van der Waals surface area contributed by atoms with Crippen molar-refractivity contribution in [3.05, 3.63) is 131 Å². The summed E-state index contributed by atoms with van der Waals surface area (Å²) in [4.78, 5) is 5.07. The third-order valence-electron chi connectivity index (χ3n) is 5.66. The summed E-state index contributed by atoms with van der Waals surface area (Å²) < 4.78 is 0. The smallest absolute Gasteiger partial charge is 0.132 e. The van der Waals surface area contributed by atoms with Gasteiger partial charge in [-0.2, -0.15) is 0 Å². The van der Waals surface area contributed by atoms with Crippen LogP contribution in [0.4, 0.5) is 0 Å². The van der Waals surface area contributed by atoms with E-state index in [0.717, 1.165) is 27.4 Å². The Bertz CT molecular complexity index is 1190. The van der Waals surface area contributed by atoms with Crippen LogP contribution in [0.5, 0.6) is 0 Å². The number of hydrogen-bond acceptors (Lipinski definition) is 2. The average molecular weight is 471 g/mol. The number of aromatic nitrogens is 1. The maximum absolute atomic E-state index is 6.08. The van der Waals surface area contributed by atoms with Crippen LogP contribution in [0.1, 0.15) is 5.01 Å². The van der Waals surface area contributed by atoms with Crippen molar-refractivity contribution in [2.75, 3.05) is 0 Å². The van der Waals surface area contributed by atoms with Crippen LogP contribution in [-0.2, 0) is 6.16 Å². The van der Waals surface area contributed by atoms with Gasteiger partial charge in [-0.15, -0.1) is 11.3 Å². The number of hydrogen-bond donors (Lipinski definition) is 0. The summed E-state index contributed by atoms with van der Waals surface area (Å²) >= 11 is 7.82. The maximum Gasteiger partial charge on any atom is 0.132 e. The fourth-order valence-electron chi connectivity index (χ4n) is 4.11. The molecule has 0 aliphatic carbocycles. The van der Waals surface area contributed by atoms with Crippen LogP contribution >= 0.6 is 30.2 Å². The van der Waals surface area contributed by atoms with Gasteiger partial charge in [0.05, 0.1) is 5.69 Å². The lowest BCUT2D eigenvalue weighted by atomic mass is 10.2. The summed E-state index contributed by atoms with van der Waals surface area (Å²) in [6, 6.07) is 40.8. The van der Waals surface area contributed by atoms with Gasteiger partial charge >= 0.3 is 0 Å². The van der Waals surface area contributed by atoms with Crippen molar-refractivity contribution in [1.82, 2.24) is 4.98 Å². The van der Waals surface area contributed by atoms with Crippen molar-refractivity contribution in [2.24, 2.45) is 0 Å². The van der Waals surface area contributed by atoms with Crippen molar-refractivity contribution < 1.29 is 0 Å². The van der Waals surface area contributed by atoms with E-state index in [1.165, 1.54) is 15.9 Å². The Balaban J connectivity index is 1.66. The molecule has 0 saturated carbocycles. The molecular formula is C28H22ClNPS+. The number of thiazole rings is 1. The van der Waals surface area contributed by atoms with Crippen molar-refractivity contribution in [2.45, 2.75) is 6.16 Å². The van der Waals surface area contributed by atoms with Gasteiger partial charge in [0, 0.05) is 16.0 Å². The van der Waals surface area contributed by atoms with Crippen LogP contribution < -0.4 is 15.9 Å². The Kier molecular flexibility index (Phi) is 6.19. The van der Waals surface area contributed by atoms with E-state index in [2.05, 4.69) is 96.4 Å². The average Bonchev–Trinajstić information content (AvgIpc) is 3.33. The summed E-state index contributed by atoms with van der Waals surface area (Å²) in [5.41, 5.74) is 2.11. The van der Waals surface area contributed by atoms with Gasteiger partial charge in [-0.3, -0.25) is 0 Å². The lowest BCUT2D eigenvalue weighted by Crippen LogP contribution is -2.32. The number of halogens is 1. The molecular weight excluding hydrogens is 449 g/mol. The SMILES string of the molecule is Clc1ccc(-c2csc(C[P+](c3ccccc3)(c3ccccc3)c3ccccc3)n2)cc1. The van der Waals surface area contributed by atoms with E-state index < -0.39 is 7.26 Å². The molecule has 156 valence electrons. The lowest BCUT2D eigenvalue weighted by Gasteiger charge is -2.26. The summed E-state index contributed by atoms with van der Waals surface area (Å²) in [5.74, 6) is 0. The third-order valence-corrected chi connectivity index (χ3v) is 11.3. The maximum atomic E-state index is 6.08. The number of nitrogens with zero attached hydrogens (tertiary/aromatic N) is 1. The largest absolute Gasteiger partial charge is 0.237 e. The molecule has 4 heteroatoms. The summed E-state index contributed by atoms with van der Waals surface area (Å²) in [7, 11) is -1.93. The minimum Gasteiger partial charge on any atom is -0.237 e. The third kappa shape index (κ3) is 4.14. The molecule has 0 aliphatic rings. The van der Waals surface area contributed by atoms with Crippen molar-refractivity contribution in [3.63, 3.8) is 0 Å². The molecule has 0 unspecified atom stereocenters. The van der Waals surface area contributed by atoms with Crippen LogP contribution in [0, 0.1) is 0 Å². The molecule has 32 heavy (non-hydrogen) atoms. The fraction of sp³-hybridized carbons (Fsp3) is 0.0357. The summed E-state index contributed by atoms with van der Waals surface area (Å²) in [5, 5.41) is 8.18. The quantitative estimate of drug-likeness (QED) is 0.244. The van der Waals surface area contributed by atoms with Gasteiger partial charge in [0.1, 0.15) is 34.3 Å². The molecule has 1 nitrogen and oxygen atoms in total. The minimum atomic E-state index is -1.93. The molecule has 0 amide bonds. The number of benzene rings is 4. The van der Waals surface area contributed by atoms with Crippen LogP contribution in [0.2, 0.25) is 5.02 Å². The first-order valence-corrected chi connectivity index (χ1v) is 13.7. The normalized spacial score (nSPS) is 11.4. The van der Waals surface area contributed by atoms with Gasteiger partial charge in [0.15, 0.2) is 0 Å². The molecule has 4 aromatic carbocycles. The Morgan fingerprint density at radius 1 is 0.625 bits per heavy atom. The predicted molar refractivity (Wildman–Crippen MR) is 141 cm³/mol. The molecule has 0 bridgehead atoms. The van der Waals surface area contributed by atoms with Crippen LogP contribution in [-0.4, -0.2) is 4.98 Å². The van der Waals surface area contributed by atoms with E-state index >= 15 is 0 Å². The van der Waals surface area contributed by atoms with Gasteiger partial charge in [0.2, 0.25) is 0 Å². The molecule has 5 aromatic rings. The second-order valence-electron chi connectivity index (χ2n) is 7.61. The van der Waals surface area contributed by atoms with Crippen LogP contribution in [0.15, 0.2) is 121 Å². The zero-order valence-corrected chi connectivity index (χ0v) is 19.9. The van der Waals surface area contributed by atoms with E-state index in [-0.39, 0.29) is 0 Å². The Morgan fingerprint density at radius 3 is 1.56 bits per heavy atom. The summed E-state index contributed by atoms with van der Waals surface area (Å²) in [6.07, 6.45) is 0.892. The van der Waals surface area contributed by atoms with Gasteiger partial charge in [0.25, 0.3) is 0 Å². The van der Waals surface area contributed by atoms with Gasteiger partial charge < -0.3 is 0 Å². The van der Waals surface area contributed by atoms with Gasteiger partial charge in [-0.1, -0.05) is 78.3 Å². The minimum absolute atomic E-state index is 0.742. The first kappa shape index (κ1) is 21.1. The molecule has 1 aromatic heterocycles. The standard InChI is InChI=1S/C28H22ClNPS/c29-23-18-16-22(17-19-23)27-21-32-28(30-27)20-31(24-10-4-1-5-11-24,25-12-6-2-7-13-25)26-14-8-3-9-15-26/h1-19,21H,20H2/q+1. The van der Waals surface area contributed by atoms with Crippen LogP contribution in [0.25, 0.3) is 11.3 Å². The molecule has 0 atom stereocenters. The topological polar surface area (TPSA) is 12.9 Å². The molecule has 0 saturated heterocycles. The Labute approximate surface area is 198 Å². The van der Waals surface area contributed by atoms with E-state index in [1.54, 1.807) is 11.3 Å². The highest BCUT2D eigenvalue weighted by Gasteiger charge is 2.46. The lowest BCUT2D eigenvalue weighted by molar-refractivity contribution is 1.26. The molecule has 5 rings (SSSR count). The van der Waals surface area contributed by atoms with Crippen molar-refractivity contribution >= 4 is 46.1 Å². The second-order valence-corrected chi connectivity index (χ2v) is 12.5. The van der Waals surface area contributed by atoms with Crippen molar-refractivity contribution in [1.29, 1.82) is 0 Å². The molecule has 0 N–H and O–H groups in total. The Hall–Kier alpha value is -2.77. The molecule has 0 aliphatic heterocycles. The van der Waals surface area contributed by atoms with Crippen LogP contribution in [0.3, 0.4) is 0 Å². The van der Waals surface area contributed by atoms with Gasteiger partial charge in [-0.25, -0.2) is 4.98 Å².